The highest BCUT2D eigenvalue weighted by Gasteiger charge is 2.18. The van der Waals surface area contributed by atoms with Crippen LogP contribution in [0.4, 0.5) is 5.13 Å². The molecule has 1 N–H and O–H groups in total. The zero-order valence-corrected chi connectivity index (χ0v) is 20.3. The molecule has 0 saturated carbocycles. The van der Waals surface area contributed by atoms with E-state index in [0.29, 0.717) is 35.0 Å². The van der Waals surface area contributed by atoms with E-state index in [9.17, 15) is 18.5 Å². The summed E-state index contributed by atoms with van der Waals surface area (Å²) in [5.41, 5.74) is 1.35. The highest BCUT2D eigenvalue weighted by atomic mass is 32.2. The monoisotopic (exact) mass is 498 g/mol. The third kappa shape index (κ3) is 6.40. The Hall–Kier alpha value is -3.75. The van der Waals surface area contributed by atoms with Crippen molar-refractivity contribution >= 4 is 38.3 Å². The SMILES string of the molecule is CCOc1cc(/C=C(/C#N)C(=O)Nc2nnc(S(C)(=O)=O)s2)ccc1OC(C)c1ccccc1. The number of sulfone groups is 1. The molecule has 3 rings (SSSR count). The van der Waals surface area contributed by atoms with Gasteiger partial charge < -0.3 is 9.47 Å². The zero-order chi connectivity index (χ0) is 24.7. The van der Waals surface area contributed by atoms with Crippen molar-refractivity contribution in [2.45, 2.75) is 24.3 Å². The van der Waals surface area contributed by atoms with E-state index >= 15 is 0 Å². The molecule has 2 aromatic carbocycles. The highest BCUT2D eigenvalue weighted by Crippen LogP contribution is 2.33. The second kappa shape index (κ2) is 10.9. The van der Waals surface area contributed by atoms with Crippen molar-refractivity contribution in [1.29, 1.82) is 5.26 Å². The van der Waals surface area contributed by atoms with Crippen LogP contribution in [0.25, 0.3) is 6.08 Å². The lowest BCUT2D eigenvalue weighted by Gasteiger charge is -2.18. The largest absolute Gasteiger partial charge is 0.490 e. The van der Waals surface area contributed by atoms with Gasteiger partial charge in [-0.1, -0.05) is 47.7 Å². The molecule has 34 heavy (non-hydrogen) atoms. The number of aromatic nitrogens is 2. The molecule has 1 aromatic heterocycles. The van der Waals surface area contributed by atoms with Crippen molar-refractivity contribution in [2.75, 3.05) is 18.2 Å². The Labute approximate surface area is 201 Å². The van der Waals surface area contributed by atoms with Crippen LogP contribution in [0.15, 0.2) is 58.4 Å². The summed E-state index contributed by atoms with van der Waals surface area (Å²) in [5.74, 6) is 0.258. The molecule has 0 spiro atoms. The molecule has 1 atom stereocenters. The fourth-order valence-corrected chi connectivity index (χ4v) is 4.36. The van der Waals surface area contributed by atoms with Gasteiger partial charge in [0, 0.05) is 6.26 Å². The van der Waals surface area contributed by atoms with Gasteiger partial charge in [0.15, 0.2) is 11.5 Å². The number of hydrogen-bond donors (Lipinski definition) is 1. The Morgan fingerprint density at radius 3 is 2.56 bits per heavy atom. The van der Waals surface area contributed by atoms with Crippen molar-refractivity contribution in [3.05, 3.63) is 65.2 Å². The number of nitrogens with one attached hydrogen (secondary N) is 1. The minimum Gasteiger partial charge on any atom is -0.490 e. The fraction of sp³-hybridized carbons (Fsp3) is 0.217. The predicted molar refractivity (Wildman–Crippen MR) is 128 cm³/mol. The minimum atomic E-state index is -3.54. The molecular formula is C23H22N4O5S2. The van der Waals surface area contributed by atoms with E-state index in [2.05, 4.69) is 15.5 Å². The van der Waals surface area contributed by atoms with E-state index in [1.807, 2.05) is 50.2 Å². The van der Waals surface area contributed by atoms with E-state index in [4.69, 9.17) is 9.47 Å². The van der Waals surface area contributed by atoms with Crippen molar-refractivity contribution in [1.82, 2.24) is 10.2 Å². The summed E-state index contributed by atoms with van der Waals surface area (Å²) in [7, 11) is -3.54. The van der Waals surface area contributed by atoms with Crippen molar-refractivity contribution in [3.63, 3.8) is 0 Å². The summed E-state index contributed by atoms with van der Waals surface area (Å²) in [6.07, 6.45) is 2.16. The van der Waals surface area contributed by atoms with Crippen LogP contribution in [0.5, 0.6) is 11.5 Å². The zero-order valence-electron chi connectivity index (χ0n) is 18.7. The van der Waals surface area contributed by atoms with E-state index < -0.39 is 15.7 Å². The van der Waals surface area contributed by atoms with Crippen molar-refractivity contribution in [2.24, 2.45) is 0 Å². The number of anilines is 1. The first-order valence-electron chi connectivity index (χ1n) is 10.2. The maximum Gasteiger partial charge on any atom is 0.268 e. The third-order valence-corrected chi connectivity index (χ3v) is 6.97. The molecule has 1 amide bonds. The van der Waals surface area contributed by atoms with E-state index in [1.54, 1.807) is 18.2 Å². The summed E-state index contributed by atoms with van der Waals surface area (Å²) < 4.78 is 34.6. The molecule has 176 valence electrons. The predicted octanol–water partition coefficient (Wildman–Crippen LogP) is 4.03. The van der Waals surface area contributed by atoms with E-state index in [0.717, 1.165) is 11.8 Å². The first-order chi connectivity index (χ1) is 16.2. The van der Waals surface area contributed by atoms with Crippen LogP contribution in [0, 0.1) is 11.3 Å². The normalized spacial score (nSPS) is 12.5. The van der Waals surface area contributed by atoms with Gasteiger partial charge in [0.25, 0.3) is 5.91 Å². The molecule has 0 radical (unpaired) electrons. The van der Waals surface area contributed by atoms with Crippen LogP contribution in [0.3, 0.4) is 0 Å². The van der Waals surface area contributed by atoms with E-state index in [1.165, 1.54) is 6.08 Å². The molecule has 1 heterocycles. The van der Waals surface area contributed by atoms with Gasteiger partial charge in [0.05, 0.1) is 6.61 Å². The lowest BCUT2D eigenvalue weighted by atomic mass is 10.1. The van der Waals surface area contributed by atoms with Gasteiger partial charge in [-0.25, -0.2) is 8.42 Å². The molecule has 0 aliphatic carbocycles. The Bertz CT molecular complexity index is 1350. The molecule has 0 saturated heterocycles. The van der Waals surface area contributed by atoms with Gasteiger partial charge in [-0.05, 0) is 43.2 Å². The average molecular weight is 499 g/mol. The summed E-state index contributed by atoms with van der Waals surface area (Å²) >= 11 is 0.702. The lowest BCUT2D eigenvalue weighted by molar-refractivity contribution is -0.112. The number of nitrogens with zero attached hydrogens (tertiary/aromatic N) is 3. The Morgan fingerprint density at radius 1 is 1.21 bits per heavy atom. The van der Waals surface area contributed by atoms with Gasteiger partial charge in [-0.15, -0.1) is 10.2 Å². The van der Waals surface area contributed by atoms with Crippen LogP contribution in [-0.2, 0) is 14.6 Å². The quantitative estimate of drug-likeness (QED) is 0.266. The van der Waals surface area contributed by atoms with Gasteiger partial charge >= 0.3 is 0 Å². The highest BCUT2D eigenvalue weighted by molar-refractivity contribution is 7.92. The molecule has 9 nitrogen and oxygen atoms in total. The lowest BCUT2D eigenvalue weighted by Crippen LogP contribution is -2.13. The number of rotatable bonds is 9. The maximum absolute atomic E-state index is 12.5. The first kappa shape index (κ1) is 24.9. The second-order valence-electron chi connectivity index (χ2n) is 7.08. The molecule has 0 aliphatic rings. The summed E-state index contributed by atoms with van der Waals surface area (Å²) in [4.78, 5) is 12.5. The first-order valence-corrected chi connectivity index (χ1v) is 12.9. The van der Waals surface area contributed by atoms with Gasteiger partial charge in [0.2, 0.25) is 19.3 Å². The average Bonchev–Trinajstić information content (AvgIpc) is 3.28. The number of ether oxygens (including phenoxy) is 2. The standard InChI is InChI=1S/C23H22N4O5S2/c1-4-31-20-13-16(10-11-19(20)32-15(2)17-8-6-5-7-9-17)12-18(14-24)21(28)25-22-26-27-23(33-22)34(3,29)30/h5-13,15H,4H2,1-3H3,(H,25,26,28)/b18-12-. The van der Waals surface area contributed by atoms with Crippen molar-refractivity contribution < 1.29 is 22.7 Å². The number of nitriles is 1. The number of carbonyl (C=O) groups excluding carboxylic acids is 1. The smallest absolute Gasteiger partial charge is 0.268 e. The van der Waals surface area contributed by atoms with Crippen LogP contribution >= 0.6 is 11.3 Å². The molecule has 1 unspecified atom stereocenters. The summed E-state index contributed by atoms with van der Waals surface area (Å²) in [5, 5.41) is 19.0. The van der Waals surface area contributed by atoms with Gasteiger partial charge in [0.1, 0.15) is 17.7 Å². The van der Waals surface area contributed by atoms with E-state index in [-0.39, 0.29) is 21.1 Å². The Morgan fingerprint density at radius 2 is 1.94 bits per heavy atom. The molecule has 0 bridgehead atoms. The molecule has 3 aromatic rings. The number of benzene rings is 2. The Kier molecular flexibility index (Phi) is 7.99. The second-order valence-corrected chi connectivity index (χ2v) is 10.2. The minimum absolute atomic E-state index is 0.0276. The Balaban J connectivity index is 1.81. The van der Waals surface area contributed by atoms with Crippen LogP contribution < -0.4 is 14.8 Å². The number of carbonyl (C=O) groups is 1. The number of hydrogen-bond acceptors (Lipinski definition) is 9. The molecule has 11 heteroatoms. The fourth-order valence-electron chi connectivity index (χ4n) is 2.85. The molecule has 0 aliphatic heterocycles. The molecular weight excluding hydrogens is 476 g/mol. The topological polar surface area (TPSA) is 131 Å². The van der Waals surface area contributed by atoms with Crippen molar-refractivity contribution in [3.8, 4) is 17.6 Å². The van der Waals surface area contributed by atoms with Crippen LogP contribution in [0.2, 0.25) is 0 Å². The maximum atomic E-state index is 12.5. The van der Waals surface area contributed by atoms with Gasteiger partial charge in [-0.3, -0.25) is 10.1 Å². The number of amides is 1. The third-order valence-electron chi connectivity index (χ3n) is 4.46. The summed E-state index contributed by atoms with van der Waals surface area (Å²) in [6, 6.07) is 16.7. The van der Waals surface area contributed by atoms with Crippen LogP contribution in [0.1, 0.15) is 31.1 Å². The molecule has 0 fully saturated rings. The van der Waals surface area contributed by atoms with Crippen LogP contribution in [-0.4, -0.2) is 37.4 Å². The summed E-state index contributed by atoms with van der Waals surface area (Å²) in [6.45, 7) is 4.17. The van der Waals surface area contributed by atoms with Gasteiger partial charge in [-0.2, -0.15) is 5.26 Å².